The molecule has 1 amide bonds. The summed E-state index contributed by atoms with van der Waals surface area (Å²) in [7, 11) is 4.03. The first kappa shape index (κ1) is 17.2. The molecule has 0 aliphatic heterocycles. The van der Waals surface area contributed by atoms with Gasteiger partial charge < -0.3 is 14.6 Å². The van der Waals surface area contributed by atoms with E-state index >= 15 is 0 Å². The van der Waals surface area contributed by atoms with E-state index in [9.17, 15) is 4.79 Å². The molecule has 0 unspecified atom stereocenters. The second-order valence-corrected chi connectivity index (χ2v) is 6.49. The number of aryl methyl sites for hydroxylation is 2. The zero-order valence-electron chi connectivity index (χ0n) is 15.2. The molecule has 0 radical (unpaired) electrons. The topological polar surface area (TPSA) is 63.3 Å². The third kappa shape index (κ3) is 3.74. The molecule has 1 aromatic carbocycles. The highest BCUT2D eigenvalue weighted by molar-refractivity contribution is 6.06. The van der Waals surface area contributed by atoms with Crippen LogP contribution in [-0.4, -0.2) is 41.2 Å². The maximum absolute atomic E-state index is 12.6. The molecule has 2 aromatic heterocycles. The van der Waals surface area contributed by atoms with Crippen molar-refractivity contribution < 1.29 is 9.21 Å². The molecule has 6 heteroatoms. The van der Waals surface area contributed by atoms with Crippen molar-refractivity contribution in [1.29, 1.82) is 0 Å². The van der Waals surface area contributed by atoms with E-state index < -0.39 is 0 Å². The highest BCUT2D eigenvalue weighted by atomic mass is 16.3. The van der Waals surface area contributed by atoms with Gasteiger partial charge in [-0.05, 0) is 45.1 Å². The fraction of sp³-hybridized carbons (Fsp3) is 0.368. The second kappa shape index (κ2) is 7.11. The Hall–Kier alpha value is -2.60. The SMILES string of the molecule is CCc1ccc2oc(C(=O)Nc3cnn(CCN(C)C)c3)c(C)c2c1. The van der Waals surface area contributed by atoms with Gasteiger partial charge in [-0.3, -0.25) is 9.48 Å². The number of carbonyl (C=O) groups excluding carboxylic acids is 1. The Balaban J connectivity index is 1.77. The summed E-state index contributed by atoms with van der Waals surface area (Å²) in [5.41, 5.74) is 3.49. The van der Waals surface area contributed by atoms with Crippen molar-refractivity contribution in [2.24, 2.45) is 0 Å². The summed E-state index contributed by atoms with van der Waals surface area (Å²) < 4.78 is 7.59. The zero-order valence-corrected chi connectivity index (χ0v) is 15.2. The van der Waals surface area contributed by atoms with E-state index in [1.54, 1.807) is 6.20 Å². The van der Waals surface area contributed by atoms with E-state index in [4.69, 9.17) is 4.42 Å². The Morgan fingerprint density at radius 3 is 2.88 bits per heavy atom. The molecule has 0 saturated heterocycles. The summed E-state index contributed by atoms with van der Waals surface area (Å²) in [5, 5.41) is 8.13. The van der Waals surface area contributed by atoms with Crippen LogP contribution in [0.25, 0.3) is 11.0 Å². The van der Waals surface area contributed by atoms with Crippen LogP contribution >= 0.6 is 0 Å². The van der Waals surface area contributed by atoms with Crippen molar-refractivity contribution in [3.63, 3.8) is 0 Å². The molecule has 3 aromatic rings. The smallest absolute Gasteiger partial charge is 0.291 e. The predicted molar refractivity (Wildman–Crippen MR) is 99.1 cm³/mol. The van der Waals surface area contributed by atoms with Crippen LogP contribution < -0.4 is 5.32 Å². The average Bonchev–Trinajstić information content (AvgIpc) is 3.17. The zero-order chi connectivity index (χ0) is 18.0. The summed E-state index contributed by atoms with van der Waals surface area (Å²) in [6, 6.07) is 6.04. The predicted octanol–water partition coefficient (Wildman–Crippen LogP) is 3.31. The fourth-order valence-electron chi connectivity index (χ4n) is 2.75. The van der Waals surface area contributed by atoms with Gasteiger partial charge in [0.2, 0.25) is 0 Å². The number of nitrogens with one attached hydrogen (secondary N) is 1. The van der Waals surface area contributed by atoms with Gasteiger partial charge in [0.1, 0.15) is 5.58 Å². The van der Waals surface area contributed by atoms with Crippen LogP contribution in [0.1, 0.15) is 28.6 Å². The van der Waals surface area contributed by atoms with Gasteiger partial charge in [0.05, 0.1) is 18.4 Å². The Bertz CT molecular complexity index is 892. The molecule has 132 valence electrons. The third-order valence-electron chi connectivity index (χ3n) is 4.28. The molecular weight excluding hydrogens is 316 g/mol. The van der Waals surface area contributed by atoms with Gasteiger partial charge in [-0.15, -0.1) is 0 Å². The van der Waals surface area contributed by atoms with Crippen LogP contribution in [0, 0.1) is 6.92 Å². The Labute approximate surface area is 147 Å². The van der Waals surface area contributed by atoms with Gasteiger partial charge in [0.15, 0.2) is 5.76 Å². The number of anilines is 1. The van der Waals surface area contributed by atoms with E-state index in [0.717, 1.165) is 36.0 Å². The normalized spacial score (nSPS) is 11.4. The van der Waals surface area contributed by atoms with Crippen LogP contribution in [-0.2, 0) is 13.0 Å². The number of furan rings is 1. The maximum atomic E-state index is 12.6. The number of hydrogen-bond acceptors (Lipinski definition) is 4. The number of benzene rings is 1. The number of rotatable bonds is 6. The highest BCUT2D eigenvalue weighted by Gasteiger charge is 2.18. The minimum absolute atomic E-state index is 0.251. The Morgan fingerprint density at radius 2 is 2.16 bits per heavy atom. The standard InChI is InChI=1S/C19H24N4O2/c1-5-14-6-7-17-16(10-14)13(2)18(25-17)19(24)21-15-11-20-23(12-15)9-8-22(3)4/h6-7,10-12H,5,8-9H2,1-4H3,(H,21,24). The number of fused-ring (bicyclic) bond motifs is 1. The number of aromatic nitrogens is 2. The Kier molecular flexibility index (Phi) is 4.90. The van der Waals surface area contributed by atoms with Crippen molar-refractivity contribution in [1.82, 2.24) is 14.7 Å². The first-order valence-corrected chi connectivity index (χ1v) is 8.48. The minimum atomic E-state index is -0.251. The molecule has 0 bridgehead atoms. The van der Waals surface area contributed by atoms with Crippen LogP contribution in [0.15, 0.2) is 35.0 Å². The minimum Gasteiger partial charge on any atom is -0.451 e. The highest BCUT2D eigenvalue weighted by Crippen LogP contribution is 2.27. The largest absolute Gasteiger partial charge is 0.451 e. The summed E-state index contributed by atoms with van der Waals surface area (Å²) in [5.74, 6) is 0.100. The van der Waals surface area contributed by atoms with Crippen molar-refractivity contribution in [3.8, 4) is 0 Å². The molecule has 25 heavy (non-hydrogen) atoms. The summed E-state index contributed by atoms with van der Waals surface area (Å²) in [4.78, 5) is 14.7. The monoisotopic (exact) mass is 340 g/mol. The van der Waals surface area contributed by atoms with E-state index in [-0.39, 0.29) is 5.91 Å². The lowest BCUT2D eigenvalue weighted by Gasteiger charge is -2.08. The average molecular weight is 340 g/mol. The van der Waals surface area contributed by atoms with Crippen LogP contribution in [0.3, 0.4) is 0 Å². The lowest BCUT2D eigenvalue weighted by atomic mass is 10.1. The quantitative estimate of drug-likeness (QED) is 0.748. The van der Waals surface area contributed by atoms with Gasteiger partial charge in [0.25, 0.3) is 5.91 Å². The third-order valence-corrected chi connectivity index (χ3v) is 4.28. The molecule has 0 aliphatic rings. The number of hydrogen-bond donors (Lipinski definition) is 1. The summed E-state index contributed by atoms with van der Waals surface area (Å²) >= 11 is 0. The van der Waals surface area contributed by atoms with E-state index in [1.807, 2.05) is 44.0 Å². The van der Waals surface area contributed by atoms with Crippen molar-refractivity contribution in [2.75, 3.05) is 26.0 Å². The van der Waals surface area contributed by atoms with Gasteiger partial charge >= 0.3 is 0 Å². The number of carbonyl (C=O) groups is 1. The number of amides is 1. The molecule has 0 atom stereocenters. The second-order valence-electron chi connectivity index (χ2n) is 6.49. The van der Waals surface area contributed by atoms with Crippen LogP contribution in [0.5, 0.6) is 0 Å². The van der Waals surface area contributed by atoms with Gasteiger partial charge in [0, 0.05) is 23.7 Å². The van der Waals surface area contributed by atoms with Gasteiger partial charge in [-0.25, -0.2) is 0 Å². The fourth-order valence-corrected chi connectivity index (χ4v) is 2.75. The van der Waals surface area contributed by atoms with Crippen LogP contribution in [0.4, 0.5) is 5.69 Å². The Morgan fingerprint density at radius 1 is 1.36 bits per heavy atom. The van der Waals surface area contributed by atoms with E-state index in [2.05, 4.69) is 28.3 Å². The first-order valence-electron chi connectivity index (χ1n) is 8.48. The molecule has 3 rings (SSSR count). The van der Waals surface area contributed by atoms with E-state index in [1.165, 1.54) is 5.56 Å². The van der Waals surface area contributed by atoms with Gasteiger partial charge in [-0.2, -0.15) is 5.10 Å². The lowest BCUT2D eigenvalue weighted by molar-refractivity contribution is 0.0998. The molecule has 0 saturated carbocycles. The molecule has 2 heterocycles. The summed E-state index contributed by atoms with van der Waals surface area (Å²) in [6.45, 7) is 5.68. The molecule has 6 nitrogen and oxygen atoms in total. The maximum Gasteiger partial charge on any atom is 0.291 e. The summed E-state index contributed by atoms with van der Waals surface area (Å²) in [6.07, 6.45) is 4.43. The number of nitrogens with zero attached hydrogens (tertiary/aromatic N) is 3. The van der Waals surface area contributed by atoms with E-state index in [0.29, 0.717) is 11.4 Å². The molecule has 0 fully saturated rings. The van der Waals surface area contributed by atoms with Crippen LogP contribution in [0.2, 0.25) is 0 Å². The van der Waals surface area contributed by atoms with Gasteiger partial charge in [-0.1, -0.05) is 13.0 Å². The van der Waals surface area contributed by atoms with Crippen molar-refractivity contribution in [3.05, 3.63) is 47.5 Å². The number of likely N-dealkylation sites (N-methyl/N-ethyl adjacent to an activating group) is 1. The van der Waals surface area contributed by atoms with Crippen molar-refractivity contribution >= 4 is 22.6 Å². The molecular formula is C19H24N4O2. The first-order chi connectivity index (χ1) is 12.0. The van der Waals surface area contributed by atoms with Crippen molar-refractivity contribution in [2.45, 2.75) is 26.8 Å². The molecule has 0 aliphatic carbocycles. The molecule has 1 N–H and O–H groups in total. The molecule has 0 spiro atoms. The lowest BCUT2D eigenvalue weighted by Crippen LogP contribution is -2.18.